The van der Waals surface area contributed by atoms with E-state index >= 15 is 0 Å². The number of hydrogen-bond acceptors (Lipinski definition) is 4. The van der Waals surface area contributed by atoms with Crippen molar-refractivity contribution in [2.75, 3.05) is 0 Å². The molecule has 2 N–H and O–H groups in total. The smallest absolute Gasteiger partial charge is 0.336 e. The van der Waals surface area contributed by atoms with E-state index in [1.807, 2.05) is 18.2 Å². The second-order valence-electron chi connectivity index (χ2n) is 4.60. The van der Waals surface area contributed by atoms with Gasteiger partial charge in [0, 0.05) is 5.56 Å². The van der Waals surface area contributed by atoms with Gasteiger partial charge >= 0.3 is 5.97 Å². The van der Waals surface area contributed by atoms with Crippen molar-refractivity contribution in [1.29, 1.82) is 0 Å². The average molecular weight is 252 g/mol. The van der Waals surface area contributed by atoms with Crippen LogP contribution in [0.3, 0.4) is 0 Å². The molecule has 4 atom stereocenters. The number of benzene rings is 1. The van der Waals surface area contributed by atoms with E-state index in [2.05, 4.69) is 0 Å². The molecule has 1 aliphatic heterocycles. The van der Waals surface area contributed by atoms with Crippen LogP contribution in [0.4, 0.5) is 0 Å². The van der Waals surface area contributed by atoms with Crippen LogP contribution in [0, 0.1) is 0 Å². The maximum atomic E-state index is 11.2. The minimum Gasteiger partial charge on any atom is -0.479 e. The molecule has 1 heterocycles. The fourth-order valence-electron chi connectivity index (χ4n) is 1.91. The van der Waals surface area contributed by atoms with Crippen LogP contribution in [-0.2, 0) is 14.3 Å². The molecule has 0 saturated carbocycles. The summed E-state index contributed by atoms with van der Waals surface area (Å²) < 4.78 is 10.9. The zero-order valence-corrected chi connectivity index (χ0v) is 10.2. The number of carboxylic acids is 1. The Morgan fingerprint density at radius 2 is 1.89 bits per heavy atom. The van der Waals surface area contributed by atoms with Gasteiger partial charge in [0.15, 0.2) is 12.4 Å². The zero-order valence-electron chi connectivity index (χ0n) is 10.2. The number of carboxylic acid groups (broad SMARTS) is 1. The van der Waals surface area contributed by atoms with Crippen molar-refractivity contribution in [2.24, 2.45) is 0 Å². The van der Waals surface area contributed by atoms with Gasteiger partial charge < -0.3 is 19.7 Å². The molecule has 1 fully saturated rings. The third-order valence-electron chi connectivity index (χ3n) is 3.24. The van der Waals surface area contributed by atoms with Crippen LogP contribution in [-0.4, -0.2) is 34.0 Å². The fourth-order valence-corrected chi connectivity index (χ4v) is 1.91. The first-order valence-electron chi connectivity index (χ1n) is 5.74. The summed E-state index contributed by atoms with van der Waals surface area (Å²) in [6, 6.07) is 9.05. The molecule has 1 aliphatic rings. The Balaban J connectivity index is 2.26. The Bertz CT molecular complexity index is 428. The first kappa shape index (κ1) is 13.0. The Morgan fingerprint density at radius 1 is 1.28 bits per heavy atom. The van der Waals surface area contributed by atoms with Gasteiger partial charge in [-0.3, -0.25) is 0 Å². The van der Waals surface area contributed by atoms with Crippen LogP contribution >= 0.6 is 0 Å². The summed E-state index contributed by atoms with van der Waals surface area (Å²) in [6.45, 7) is 3.03. The van der Waals surface area contributed by atoms with Gasteiger partial charge in [0.25, 0.3) is 0 Å². The monoisotopic (exact) mass is 252 g/mol. The van der Waals surface area contributed by atoms with Crippen molar-refractivity contribution in [3.63, 3.8) is 0 Å². The molecule has 1 aromatic rings. The minimum atomic E-state index is -1.56. The van der Waals surface area contributed by atoms with E-state index in [-0.39, 0.29) is 0 Å². The molecule has 18 heavy (non-hydrogen) atoms. The summed E-state index contributed by atoms with van der Waals surface area (Å²) in [5, 5.41) is 19.2. The highest BCUT2D eigenvalue weighted by molar-refractivity contribution is 5.74. The SMILES string of the molecule is C[C@H]1O[C@@H](c2ccccc2)O[C@@H](C(=O)O)[C@]1(C)O. The predicted octanol–water partition coefficient (Wildman–Crippen LogP) is 1.32. The first-order valence-corrected chi connectivity index (χ1v) is 5.74. The Hall–Kier alpha value is -1.43. The Kier molecular flexibility index (Phi) is 3.38. The van der Waals surface area contributed by atoms with Crippen molar-refractivity contribution in [1.82, 2.24) is 0 Å². The molecule has 0 radical (unpaired) electrons. The molecular weight excluding hydrogens is 236 g/mol. The molecule has 0 unspecified atom stereocenters. The van der Waals surface area contributed by atoms with Gasteiger partial charge in [0.2, 0.25) is 0 Å². The first-order chi connectivity index (χ1) is 8.43. The number of ether oxygens (including phenoxy) is 2. The summed E-state index contributed by atoms with van der Waals surface area (Å²) in [5.74, 6) is -1.20. The highest BCUT2D eigenvalue weighted by Gasteiger charge is 2.50. The molecule has 0 spiro atoms. The third kappa shape index (κ3) is 2.25. The van der Waals surface area contributed by atoms with E-state index in [4.69, 9.17) is 14.6 Å². The second-order valence-corrected chi connectivity index (χ2v) is 4.60. The summed E-state index contributed by atoms with van der Waals surface area (Å²) in [7, 11) is 0. The van der Waals surface area contributed by atoms with Gasteiger partial charge in [0.1, 0.15) is 5.60 Å². The number of rotatable bonds is 2. The molecule has 2 rings (SSSR count). The highest BCUT2D eigenvalue weighted by atomic mass is 16.7. The van der Waals surface area contributed by atoms with Crippen molar-refractivity contribution >= 4 is 5.97 Å². The largest absolute Gasteiger partial charge is 0.479 e. The van der Waals surface area contributed by atoms with E-state index in [1.54, 1.807) is 19.1 Å². The average Bonchev–Trinajstić information content (AvgIpc) is 2.33. The van der Waals surface area contributed by atoms with E-state index in [0.717, 1.165) is 5.56 Å². The Morgan fingerprint density at radius 3 is 2.44 bits per heavy atom. The van der Waals surface area contributed by atoms with Gasteiger partial charge in [-0.25, -0.2) is 4.79 Å². The fraction of sp³-hybridized carbons (Fsp3) is 0.462. The van der Waals surface area contributed by atoms with Gasteiger partial charge in [-0.05, 0) is 13.8 Å². The summed E-state index contributed by atoms with van der Waals surface area (Å²) in [5.41, 5.74) is -0.831. The maximum Gasteiger partial charge on any atom is 0.336 e. The summed E-state index contributed by atoms with van der Waals surface area (Å²) in [6.07, 6.45) is -2.73. The topological polar surface area (TPSA) is 76.0 Å². The van der Waals surface area contributed by atoms with E-state index in [0.29, 0.717) is 0 Å². The predicted molar refractivity (Wildman–Crippen MR) is 62.9 cm³/mol. The maximum absolute atomic E-state index is 11.2. The molecule has 0 bridgehead atoms. The van der Waals surface area contributed by atoms with Gasteiger partial charge in [0.05, 0.1) is 6.10 Å². The quantitative estimate of drug-likeness (QED) is 0.830. The van der Waals surface area contributed by atoms with Crippen LogP contribution in [0.2, 0.25) is 0 Å². The van der Waals surface area contributed by atoms with Gasteiger partial charge in [-0.1, -0.05) is 30.3 Å². The molecule has 1 aromatic carbocycles. The third-order valence-corrected chi connectivity index (χ3v) is 3.24. The minimum absolute atomic E-state index is 0.641. The second kappa shape index (κ2) is 4.68. The van der Waals surface area contributed by atoms with Crippen LogP contribution in [0.25, 0.3) is 0 Å². The number of hydrogen-bond donors (Lipinski definition) is 2. The lowest BCUT2D eigenvalue weighted by Crippen LogP contribution is -2.58. The summed E-state index contributed by atoms with van der Waals surface area (Å²) >= 11 is 0. The van der Waals surface area contributed by atoms with E-state index < -0.39 is 30.1 Å². The van der Waals surface area contributed by atoms with Crippen molar-refractivity contribution in [3.05, 3.63) is 35.9 Å². The van der Waals surface area contributed by atoms with E-state index in [9.17, 15) is 9.90 Å². The van der Waals surface area contributed by atoms with Gasteiger partial charge in [-0.15, -0.1) is 0 Å². The lowest BCUT2D eigenvalue weighted by Gasteiger charge is -2.43. The molecule has 5 nitrogen and oxygen atoms in total. The Labute approximate surface area is 105 Å². The molecule has 1 saturated heterocycles. The van der Waals surface area contributed by atoms with E-state index in [1.165, 1.54) is 6.92 Å². The van der Waals surface area contributed by atoms with Crippen molar-refractivity contribution < 1.29 is 24.5 Å². The highest BCUT2D eigenvalue weighted by Crippen LogP contribution is 2.35. The lowest BCUT2D eigenvalue weighted by molar-refractivity contribution is -0.312. The molecular formula is C13H16O5. The van der Waals surface area contributed by atoms with Crippen LogP contribution in [0.1, 0.15) is 25.7 Å². The zero-order chi connectivity index (χ0) is 13.3. The van der Waals surface area contributed by atoms with Gasteiger partial charge in [-0.2, -0.15) is 0 Å². The molecule has 98 valence electrons. The van der Waals surface area contributed by atoms with Crippen LogP contribution in [0.15, 0.2) is 30.3 Å². The van der Waals surface area contributed by atoms with Crippen LogP contribution < -0.4 is 0 Å². The van der Waals surface area contributed by atoms with Crippen molar-refractivity contribution in [3.8, 4) is 0 Å². The molecule has 0 amide bonds. The van der Waals surface area contributed by atoms with Crippen LogP contribution in [0.5, 0.6) is 0 Å². The lowest BCUT2D eigenvalue weighted by atomic mass is 9.91. The molecule has 0 aromatic heterocycles. The normalized spacial score (nSPS) is 36.3. The number of carbonyl (C=O) groups is 1. The van der Waals surface area contributed by atoms with Crippen molar-refractivity contribution in [2.45, 2.75) is 37.9 Å². The number of aliphatic hydroxyl groups is 1. The number of aliphatic carboxylic acids is 1. The molecule has 5 heteroatoms. The standard InChI is InChI=1S/C13H16O5/c1-8-13(2,16)10(11(14)15)18-12(17-8)9-6-4-3-5-7-9/h3-8,10,12,16H,1-2H3,(H,14,15)/t8-,10+,12-,13-/m1/s1. The molecule has 0 aliphatic carbocycles. The summed E-state index contributed by atoms with van der Waals surface area (Å²) in [4.78, 5) is 11.2.